The van der Waals surface area contributed by atoms with Crippen molar-refractivity contribution in [3.63, 3.8) is 0 Å². The van der Waals surface area contributed by atoms with Crippen LogP contribution in [-0.4, -0.2) is 18.2 Å². The quantitative estimate of drug-likeness (QED) is 0.494. The molecule has 1 aromatic heterocycles. The predicted molar refractivity (Wildman–Crippen MR) is 70.1 cm³/mol. The number of nitrogens with zero attached hydrogens (tertiary/aromatic N) is 2. The van der Waals surface area contributed by atoms with Crippen molar-refractivity contribution in [3.05, 3.63) is 30.3 Å². The van der Waals surface area contributed by atoms with Gasteiger partial charge in [-0.05, 0) is 6.92 Å². The minimum Gasteiger partial charge on any atom is -0.456 e. The van der Waals surface area contributed by atoms with Crippen molar-refractivity contribution in [1.29, 1.82) is 0 Å². The van der Waals surface area contributed by atoms with E-state index in [2.05, 4.69) is 16.5 Å². The fraction of sp³-hybridized carbons (Fsp3) is 0.273. The van der Waals surface area contributed by atoms with Crippen LogP contribution in [0.3, 0.4) is 0 Å². The number of rotatable bonds is 3. The molecule has 0 spiro atoms. The number of hydrogen-bond donors (Lipinski definition) is 0. The lowest BCUT2D eigenvalue weighted by Crippen LogP contribution is -2.24. The van der Waals surface area contributed by atoms with E-state index in [1.165, 1.54) is 11.7 Å². The van der Waals surface area contributed by atoms with Crippen LogP contribution in [0, 0.1) is 0 Å². The van der Waals surface area contributed by atoms with Crippen molar-refractivity contribution in [2.75, 3.05) is 6.61 Å². The van der Waals surface area contributed by atoms with Crippen LogP contribution in [0.5, 0.6) is 5.88 Å². The minimum absolute atomic E-state index is 0.642. The topological polar surface area (TPSA) is 26.0 Å². The summed E-state index contributed by atoms with van der Waals surface area (Å²) >= 11 is 1.41. The highest BCUT2D eigenvalue weighted by atomic mass is 32.1. The largest absolute Gasteiger partial charge is 0.673 e. The van der Waals surface area contributed by atoms with E-state index in [0.29, 0.717) is 6.61 Å². The van der Waals surface area contributed by atoms with Gasteiger partial charge < -0.3 is 22.0 Å². The van der Waals surface area contributed by atoms with Gasteiger partial charge in [0.2, 0.25) is 5.69 Å². The Hall–Kier alpha value is -1.64. The zero-order chi connectivity index (χ0) is 15.2. The molecule has 0 aliphatic heterocycles. The lowest BCUT2D eigenvalue weighted by molar-refractivity contribution is -0.589. The van der Waals surface area contributed by atoms with Gasteiger partial charge in [-0.3, -0.25) is 0 Å². The van der Waals surface area contributed by atoms with Gasteiger partial charge in [-0.2, -0.15) is 3.96 Å². The van der Waals surface area contributed by atoms with Crippen molar-refractivity contribution in [3.8, 4) is 17.1 Å². The Labute approximate surface area is 118 Å². The zero-order valence-electron chi connectivity index (χ0n) is 10.9. The molecule has 0 aliphatic rings. The Morgan fingerprint density at radius 3 is 2.25 bits per heavy atom. The second kappa shape index (κ2) is 7.23. The van der Waals surface area contributed by atoms with Crippen LogP contribution in [0.1, 0.15) is 6.92 Å². The molecule has 2 aromatic rings. The Kier molecular flexibility index (Phi) is 5.93. The second-order valence-corrected chi connectivity index (χ2v) is 4.51. The number of halogens is 4. The van der Waals surface area contributed by atoms with Gasteiger partial charge in [0.15, 0.2) is 0 Å². The molecule has 0 fully saturated rings. The molecule has 9 heteroatoms. The van der Waals surface area contributed by atoms with Crippen LogP contribution in [0.15, 0.2) is 30.3 Å². The first-order valence-corrected chi connectivity index (χ1v) is 6.47. The molecule has 0 saturated heterocycles. The molecule has 0 N–H and O–H groups in total. The smallest absolute Gasteiger partial charge is 0.456 e. The molecule has 0 unspecified atom stereocenters. The molecule has 110 valence electrons. The number of aromatic nitrogens is 2. The first-order valence-electron chi connectivity index (χ1n) is 5.74. The number of hydrogen-bond acceptors (Lipinski definition) is 3. The average molecular weight is 308 g/mol. The monoisotopic (exact) mass is 308 g/mol. The average Bonchev–Trinajstić information content (AvgIpc) is 2.70. The molecule has 0 atom stereocenters. The van der Waals surface area contributed by atoms with Crippen LogP contribution in [-0.2, 0) is 7.05 Å². The molecule has 0 aliphatic carbocycles. The fourth-order valence-corrected chi connectivity index (χ4v) is 2.05. The molecule has 0 amide bonds. The Balaban J connectivity index is 0.000000347. The first-order chi connectivity index (χ1) is 9.33. The minimum atomic E-state index is -6.00. The van der Waals surface area contributed by atoms with Gasteiger partial charge in [0.05, 0.1) is 18.0 Å². The Morgan fingerprint density at radius 2 is 1.75 bits per heavy atom. The standard InChI is InChI=1S/C11H13N2OS.BF4/c1-3-14-11-10(13(2)15-12-11)9-7-5-4-6-8-9;2-1(3,4)5/h4-8H,3H2,1-2H3;/q+1;-1. The van der Waals surface area contributed by atoms with E-state index in [9.17, 15) is 17.3 Å². The molecule has 2 rings (SSSR count). The van der Waals surface area contributed by atoms with Gasteiger partial charge in [-0.15, -0.1) is 0 Å². The van der Waals surface area contributed by atoms with Gasteiger partial charge in [0.1, 0.15) is 0 Å². The number of ether oxygens (including phenoxy) is 1. The van der Waals surface area contributed by atoms with Crippen LogP contribution in [0.4, 0.5) is 17.3 Å². The molecular formula is C11H13BF4N2OS. The van der Waals surface area contributed by atoms with E-state index in [1.54, 1.807) is 0 Å². The van der Waals surface area contributed by atoms with Crippen LogP contribution >= 0.6 is 11.7 Å². The maximum Gasteiger partial charge on any atom is 0.673 e. The van der Waals surface area contributed by atoms with Gasteiger partial charge in [-0.1, -0.05) is 30.3 Å². The van der Waals surface area contributed by atoms with E-state index in [4.69, 9.17) is 4.74 Å². The summed E-state index contributed by atoms with van der Waals surface area (Å²) in [5.74, 6) is 0.719. The highest BCUT2D eigenvalue weighted by Gasteiger charge is 2.22. The van der Waals surface area contributed by atoms with Gasteiger partial charge >= 0.3 is 13.1 Å². The third kappa shape index (κ3) is 5.56. The lowest BCUT2D eigenvalue weighted by atomic mass is 10.1. The summed E-state index contributed by atoms with van der Waals surface area (Å²) in [4.78, 5) is 0. The summed E-state index contributed by atoms with van der Waals surface area (Å²) in [6.07, 6.45) is 0. The zero-order valence-corrected chi connectivity index (χ0v) is 11.7. The molecule has 0 bridgehead atoms. The molecule has 1 aromatic carbocycles. The van der Waals surface area contributed by atoms with Crippen molar-refractivity contribution < 1.29 is 26.0 Å². The Bertz CT molecular complexity index is 527. The summed E-state index contributed by atoms with van der Waals surface area (Å²) in [7, 11) is -4.01. The van der Waals surface area contributed by atoms with Gasteiger partial charge in [0, 0.05) is 5.56 Å². The van der Waals surface area contributed by atoms with Gasteiger partial charge in [-0.25, -0.2) is 0 Å². The predicted octanol–water partition coefficient (Wildman–Crippen LogP) is 3.33. The molecule has 0 saturated carbocycles. The van der Waals surface area contributed by atoms with E-state index < -0.39 is 7.25 Å². The van der Waals surface area contributed by atoms with E-state index in [-0.39, 0.29) is 0 Å². The maximum absolute atomic E-state index is 9.75. The van der Waals surface area contributed by atoms with Crippen molar-refractivity contribution in [2.45, 2.75) is 6.92 Å². The number of benzene rings is 1. The van der Waals surface area contributed by atoms with E-state index in [0.717, 1.165) is 17.1 Å². The normalized spacial score (nSPS) is 10.7. The summed E-state index contributed by atoms with van der Waals surface area (Å²) in [5, 5.41) is 0. The van der Waals surface area contributed by atoms with Crippen molar-refractivity contribution >= 4 is 19.0 Å². The third-order valence-electron chi connectivity index (χ3n) is 2.09. The summed E-state index contributed by atoms with van der Waals surface area (Å²) < 4.78 is 50.8. The molecular weight excluding hydrogens is 295 g/mol. The Morgan fingerprint density at radius 1 is 1.20 bits per heavy atom. The van der Waals surface area contributed by atoms with E-state index >= 15 is 0 Å². The molecule has 3 nitrogen and oxygen atoms in total. The van der Waals surface area contributed by atoms with Crippen LogP contribution in [0.2, 0.25) is 0 Å². The van der Waals surface area contributed by atoms with Crippen LogP contribution in [0.25, 0.3) is 11.3 Å². The fourth-order valence-electron chi connectivity index (χ4n) is 1.45. The SMILES string of the molecule is CCOc1ns[n+](C)c1-c1ccccc1.F[B-](F)(F)F. The molecule has 20 heavy (non-hydrogen) atoms. The summed E-state index contributed by atoms with van der Waals surface area (Å²) in [6.45, 7) is 2.61. The molecule has 0 radical (unpaired) electrons. The summed E-state index contributed by atoms with van der Waals surface area (Å²) in [5.41, 5.74) is 2.18. The highest BCUT2D eigenvalue weighted by molar-refractivity contribution is 6.95. The van der Waals surface area contributed by atoms with E-state index in [1.807, 2.05) is 36.1 Å². The third-order valence-corrected chi connectivity index (χ3v) is 2.77. The van der Waals surface area contributed by atoms with Crippen molar-refractivity contribution in [2.24, 2.45) is 7.05 Å². The van der Waals surface area contributed by atoms with Gasteiger partial charge in [0.25, 0.3) is 11.7 Å². The lowest BCUT2D eigenvalue weighted by Gasteiger charge is -1.98. The van der Waals surface area contributed by atoms with Crippen LogP contribution < -0.4 is 8.69 Å². The second-order valence-electron chi connectivity index (χ2n) is 3.62. The summed E-state index contributed by atoms with van der Waals surface area (Å²) in [6, 6.07) is 10.2. The van der Waals surface area contributed by atoms with Crippen molar-refractivity contribution in [1.82, 2.24) is 4.37 Å². The maximum atomic E-state index is 9.75. The molecule has 1 heterocycles. The highest BCUT2D eigenvalue weighted by Crippen LogP contribution is 2.25. The number of aryl methyl sites for hydroxylation is 1. The first kappa shape index (κ1) is 16.4.